The van der Waals surface area contributed by atoms with E-state index in [0.29, 0.717) is 16.0 Å². The number of anilines is 1. The fraction of sp³-hybridized carbons (Fsp3) is 0. The first-order chi connectivity index (χ1) is 9.52. The van der Waals surface area contributed by atoms with Crippen LogP contribution in [0.3, 0.4) is 0 Å². The van der Waals surface area contributed by atoms with Crippen LogP contribution < -0.4 is 16.8 Å². The number of benzene rings is 1. The first kappa shape index (κ1) is 13.6. The van der Waals surface area contributed by atoms with Gasteiger partial charge in [0.05, 0.1) is 17.2 Å². The molecule has 3 amide bonds. The Bertz CT molecular complexity index is 730. The summed E-state index contributed by atoms with van der Waals surface area (Å²) in [6.45, 7) is 0. The third-order valence-corrected chi connectivity index (χ3v) is 3.63. The van der Waals surface area contributed by atoms with Crippen LogP contribution in [0.25, 0.3) is 10.4 Å². The zero-order valence-electron chi connectivity index (χ0n) is 10.2. The second-order valence-electron chi connectivity index (χ2n) is 3.86. The van der Waals surface area contributed by atoms with Crippen molar-refractivity contribution < 1.29 is 9.59 Å². The van der Waals surface area contributed by atoms with Gasteiger partial charge in [-0.05, 0) is 12.1 Å². The highest BCUT2D eigenvalue weighted by molar-refractivity contribution is 7.20. The molecular formula is C13H10N4O2S. The fourth-order valence-corrected chi connectivity index (χ4v) is 2.81. The zero-order chi connectivity index (χ0) is 14.7. The van der Waals surface area contributed by atoms with Gasteiger partial charge in [0, 0.05) is 10.4 Å². The number of nitrogens with two attached hydrogens (primary N) is 2. The third-order valence-electron chi connectivity index (χ3n) is 2.55. The van der Waals surface area contributed by atoms with Crippen molar-refractivity contribution in [1.29, 1.82) is 5.26 Å². The Kier molecular flexibility index (Phi) is 3.68. The van der Waals surface area contributed by atoms with E-state index in [2.05, 4.69) is 11.4 Å². The number of rotatable bonds is 3. The van der Waals surface area contributed by atoms with Gasteiger partial charge in [-0.2, -0.15) is 5.26 Å². The monoisotopic (exact) mass is 286 g/mol. The normalized spacial score (nSPS) is 9.75. The van der Waals surface area contributed by atoms with Gasteiger partial charge >= 0.3 is 6.03 Å². The van der Waals surface area contributed by atoms with Crippen LogP contribution in [0, 0.1) is 11.3 Å². The number of hydrogen-bond donors (Lipinski definition) is 3. The van der Waals surface area contributed by atoms with E-state index in [9.17, 15) is 9.59 Å². The van der Waals surface area contributed by atoms with Crippen LogP contribution in [0.2, 0.25) is 0 Å². The number of thiophene rings is 1. The second kappa shape index (κ2) is 5.42. The molecule has 1 aromatic heterocycles. The van der Waals surface area contributed by atoms with Crippen molar-refractivity contribution in [3.63, 3.8) is 0 Å². The highest BCUT2D eigenvalue weighted by Crippen LogP contribution is 2.36. The van der Waals surface area contributed by atoms with Crippen molar-refractivity contribution in [3.8, 4) is 16.5 Å². The molecular weight excluding hydrogens is 276 g/mol. The first-order valence-electron chi connectivity index (χ1n) is 5.52. The van der Waals surface area contributed by atoms with E-state index in [4.69, 9.17) is 16.7 Å². The molecule has 2 aromatic rings. The Morgan fingerprint density at radius 1 is 1.25 bits per heavy atom. The predicted molar refractivity (Wildman–Crippen MR) is 76.2 cm³/mol. The van der Waals surface area contributed by atoms with E-state index in [-0.39, 0.29) is 10.6 Å². The molecule has 5 N–H and O–H groups in total. The molecule has 0 saturated heterocycles. The molecule has 0 atom stereocenters. The molecule has 100 valence electrons. The van der Waals surface area contributed by atoms with E-state index in [1.165, 1.54) is 6.07 Å². The lowest BCUT2D eigenvalue weighted by Gasteiger charge is -1.99. The van der Waals surface area contributed by atoms with E-state index < -0.39 is 11.9 Å². The molecule has 1 heterocycles. The van der Waals surface area contributed by atoms with E-state index >= 15 is 0 Å². The maximum atomic E-state index is 11.4. The number of carbonyl (C=O) groups excluding carboxylic acids is 2. The second-order valence-corrected chi connectivity index (χ2v) is 4.92. The molecule has 7 heteroatoms. The van der Waals surface area contributed by atoms with Gasteiger partial charge in [-0.3, -0.25) is 10.1 Å². The van der Waals surface area contributed by atoms with E-state index in [1.54, 1.807) is 24.3 Å². The fourth-order valence-electron chi connectivity index (χ4n) is 1.71. The number of nitrogens with zero attached hydrogens (tertiary/aromatic N) is 1. The van der Waals surface area contributed by atoms with Crippen molar-refractivity contribution in [2.75, 3.05) is 5.32 Å². The number of primary amides is 2. The van der Waals surface area contributed by atoms with Crippen LogP contribution in [0.5, 0.6) is 0 Å². The number of hydrogen-bond acceptors (Lipinski definition) is 4. The Morgan fingerprint density at radius 2 is 1.95 bits per heavy atom. The average molecular weight is 286 g/mol. The van der Waals surface area contributed by atoms with Gasteiger partial charge < -0.3 is 11.5 Å². The Hall–Kier alpha value is -2.85. The van der Waals surface area contributed by atoms with Crippen LogP contribution in [0.1, 0.15) is 15.9 Å². The quantitative estimate of drug-likeness (QED) is 0.798. The summed E-state index contributed by atoms with van der Waals surface area (Å²) < 4.78 is 0. The molecule has 0 bridgehead atoms. The molecule has 2 rings (SSSR count). The van der Waals surface area contributed by atoms with Gasteiger partial charge in [0.2, 0.25) is 0 Å². The van der Waals surface area contributed by atoms with Crippen molar-refractivity contribution in [2.45, 2.75) is 0 Å². The van der Waals surface area contributed by atoms with E-state index in [1.807, 2.05) is 0 Å². The molecule has 0 saturated carbocycles. The molecule has 0 aliphatic heterocycles. The first-order valence-corrected chi connectivity index (χ1v) is 6.34. The summed E-state index contributed by atoms with van der Waals surface area (Å²) in [4.78, 5) is 23.0. The minimum absolute atomic E-state index is 0.163. The van der Waals surface area contributed by atoms with Gasteiger partial charge in [0.25, 0.3) is 5.91 Å². The molecule has 1 aromatic carbocycles. The van der Waals surface area contributed by atoms with Crippen LogP contribution in [-0.4, -0.2) is 11.9 Å². The van der Waals surface area contributed by atoms with Crippen molar-refractivity contribution in [2.24, 2.45) is 11.5 Å². The lowest BCUT2D eigenvalue weighted by molar-refractivity contribution is 0.100. The standard InChI is InChI=1S/C13H10N4O2S/c14-6-7-3-1-2-4-8(7)10-5-9(11(15)18)12(20-10)17-13(16)19/h1-5H,(H2,15,18)(H3,16,17,19). The minimum Gasteiger partial charge on any atom is -0.366 e. The molecule has 0 radical (unpaired) electrons. The average Bonchev–Trinajstić information content (AvgIpc) is 2.81. The highest BCUT2D eigenvalue weighted by atomic mass is 32.1. The van der Waals surface area contributed by atoms with Gasteiger partial charge in [-0.15, -0.1) is 11.3 Å². The molecule has 0 spiro atoms. The molecule has 0 unspecified atom stereocenters. The number of carbonyl (C=O) groups is 2. The van der Waals surface area contributed by atoms with Crippen molar-refractivity contribution in [1.82, 2.24) is 0 Å². The molecule has 0 aliphatic rings. The highest BCUT2D eigenvalue weighted by Gasteiger charge is 2.17. The van der Waals surface area contributed by atoms with Crippen LogP contribution in [0.4, 0.5) is 9.80 Å². The SMILES string of the molecule is N#Cc1ccccc1-c1cc(C(N)=O)c(NC(N)=O)s1. The minimum atomic E-state index is -0.783. The summed E-state index contributed by atoms with van der Waals surface area (Å²) in [7, 11) is 0. The summed E-state index contributed by atoms with van der Waals surface area (Å²) in [5.74, 6) is -0.675. The number of urea groups is 1. The Labute approximate surface area is 118 Å². The summed E-state index contributed by atoms with van der Waals surface area (Å²) in [6, 6.07) is 9.77. The maximum Gasteiger partial charge on any atom is 0.317 e. The van der Waals surface area contributed by atoms with Gasteiger partial charge in [-0.1, -0.05) is 18.2 Å². The van der Waals surface area contributed by atoms with Crippen LogP contribution in [0.15, 0.2) is 30.3 Å². The predicted octanol–water partition coefficient (Wildman–Crippen LogP) is 1.88. The smallest absolute Gasteiger partial charge is 0.317 e. The number of nitriles is 1. The number of nitrogens with one attached hydrogen (secondary N) is 1. The molecule has 6 nitrogen and oxygen atoms in total. The summed E-state index contributed by atoms with van der Waals surface area (Å²) in [6.07, 6.45) is 0. The van der Waals surface area contributed by atoms with Crippen LogP contribution in [-0.2, 0) is 0 Å². The van der Waals surface area contributed by atoms with Crippen molar-refractivity contribution in [3.05, 3.63) is 41.5 Å². The molecule has 0 aliphatic carbocycles. The Balaban J connectivity index is 2.56. The van der Waals surface area contributed by atoms with Crippen molar-refractivity contribution >= 4 is 28.3 Å². The largest absolute Gasteiger partial charge is 0.366 e. The lowest BCUT2D eigenvalue weighted by Crippen LogP contribution is -2.21. The third kappa shape index (κ3) is 2.60. The van der Waals surface area contributed by atoms with Gasteiger partial charge in [-0.25, -0.2) is 4.79 Å². The molecule has 20 heavy (non-hydrogen) atoms. The Morgan fingerprint density at radius 3 is 2.55 bits per heavy atom. The summed E-state index contributed by atoms with van der Waals surface area (Å²) >= 11 is 1.13. The van der Waals surface area contributed by atoms with Gasteiger partial charge in [0.15, 0.2) is 0 Å². The van der Waals surface area contributed by atoms with E-state index in [0.717, 1.165) is 11.3 Å². The maximum absolute atomic E-state index is 11.4. The zero-order valence-corrected chi connectivity index (χ0v) is 11.0. The van der Waals surface area contributed by atoms with Crippen LogP contribution >= 0.6 is 11.3 Å². The summed E-state index contributed by atoms with van der Waals surface area (Å²) in [5.41, 5.74) is 11.6. The lowest BCUT2D eigenvalue weighted by atomic mass is 10.1. The summed E-state index contributed by atoms with van der Waals surface area (Å²) in [5, 5.41) is 11.7. The van der Waals surface area contributed by atoms with Gasteiger partial charge in [0.1, 0.15) is 5.00 Å². The topological polar surface area (TPSA) is 122 Å². The molecule has 0 fully saturated rings. The number of amides is 3.